The zero-order valence-electron chi connectivity index (χ0n) is 49.7. The lowest BCUT2D eigenvalue weighted by Crippen LogP contribution is -2.68. The summed E-state index contributed by atoms with van der Waals surface area (Å²) in [6.45, 7) is 34.7. The van der Waals surface area contributed by atoms with Gasteiger partial charge in [0.25, 0.3) is 23.5 Å². The summed E-state index contributed by atoms with van der Waals surface area (Å²) in [6.07, 6.45) is -9.46. The Kier molecular flexibility index (Phi) is 20.1. The Morgan fingerprint density at radius 1 is 0.325 bits per heavy atom. The molecule has 0 aliphatic carbocycles. The van der Waals surface area contributed by atoms with Gasteiger partial charge in [-0.05, 0) is 116 Å². The van der Waals surface area contributed by atoms with Crippen molar-refractivity contribution >= 4 is 0 Å². The summed E-state index contributed by atoms with van der Waals surface area (Å²) < 4.78 is 265. The number of halogens is 17. The SMILES string of the molecule is CC(F)(F)C1(C)OC(C)(C)C(C)(C)O1.CC1(C)OC(C)(C)C(C)(F)O1.CCC1(F)CC(F)(C(C)(F)F)OC(C)(C)C1(C)C.CCC1(F)CC(F)(C(C)(F)F)OC(C)(C)C1(C)C.CCC1(F)CC(F)(F)OC(F)(C(C)(F)F)C1. The molecule has 5 fully saturated rings. The molecule has 0 aromatic heterocycles. The first-order chi connectivity index (χ1) is 33.0. The lowest BCUT2D eigenvalue weighted by Gasteiger charge is -2.58. The molecule has 5 saturated heterocycles. The van der Waals surface area contributed by atoms with Crippen LogP contribution in [0.5, 0.6) is 0 Å². The summed E-state index contributed by atoms with van der Waals surface area (Å²) in [7, 11) is 0. The van der Waals surface area contributed by atoms with E-state index in [0.717, 1.165) is 6.92 Å². The van der Waals surface area contributed by atoms with Crippen LogP contribution in [0.15, 0.2) is 0 Å². The summed E-state index contributed by atoms with van der Waals surface area (Å²) >= 11 is 0. The minimum Gasteiger partial charge on any atom is -0.339 e. The molecule has 0 bridgehead atoms. The predicted molar refractivity (Wildman–Crippen MR) is 257 cm³/mol. The molecular formula is C53H89F17O7. The first-order valence-corrected chi connectivity index (χ1v) is 25.6. The lowest BCUT2D eigenvalue weighted by molar-refractivity contribution is -0.418. The first-order valence-electron chi connectivity index (χ1n) is 25.6. The van der Waals surface area contributed by atoms with Gasteiger partial charge in [0.2, 0.25) is 11.6 Å². The third kappa shape index (κ3) is 14.7. The average Bonchev–Trinajstić information content (AvgIpc) is 3.42. The van der Waals surface area contributed by atoms with Crippen LogP contribution in [-0.4, -0.2) is 110 Å². The molecule has 0 spiro atoms. The summed E-state index contributed by atoms with van der Waals surface area (Å²) in [5.74, 6) is -29.5. The third-order valence-corrected chi connectivity index (χ3v) is 17.4. The third-order valence-electron chi connectivity index (χ3n) is 17.4. The lowest BCUT2D eigenvalue weighted by atomic mass is 9.60. The van der Waals surface area contributed by atoms with Gasteiger partial charge in [-0.25, -0.2) is 65.9 Å². The number of alkyl halides is 17. The van der Waals surface area contributed by atoms with Crippen LogP contribution < -0.4 is 0 Å². The largest absolute Gasteiger partial charge is 0.361 e. The van der Waals surface area contributed by atoms with Crippen molar-refractivity contribution in [2.45, 2.75) is 328 Å². The smallest absolute Gasteiger partial charge is 0.339 e. The minimum absolute atomic E-state index is 0.0332. The van der Waals surface area contributed by atoms with Crippen LogP contribution in [0.4, 0.5) is 74.6 Å². The molecule has 77 heavy (non-hydrogen) atoms. The monoisotopic (exact) mass is 1160 g/mol. The quantitative estimate of drug-likeness (QED) is 0.235. The van der Waals surface area contributed by atoms with Crippen molar-refractivity contribution in [3.8, 4) is 0 Å². The van der Waals surface area contributed by atoms with Crippen LogP contribution in [0, 0.1) is 10.8 Å². The van der Waals surface area contributed by atoms with Gasteiger partial charge < -0.3 is 28.4 Å². The molecule has 5 heterocycles. The minimum atomic E-state index is -4.22. The molecule has 7 atom stereocenters. The van der Waals surface area contributed by atoms with Crippen molar-refractivity contribution in [2.75, 3.05) is 0 Å². The van der Waals surface area contributed by atoms with Crippen molar-refractivity contribution < 1.29 is 108 Å². The second-order valence-electron chi connectivity index (χ2n) is 26.0. The van der Waals surface area contributed by atoms with E-state index in [4.69, 9.17) is 28.4 Å². The number of rotatable bonds is 7. The summed E-state index contributed by atoms with van der Waals surface area (Å²) in [5.41, 5.74) is -13.8. The van der Waals surface area contributed by atoms with E-state index in [-0.39, 0.29) is 19.8 Å². The van der Waals surface area contributed by atoms with E-state index >= 15 is 0 Å². The fourth-order valence-corrected chi connectivity index (χ4v) is 9.37. The van der Waals surface area contributed by atoms with E-state index in [0.29, 0.717) is 13.8 Å². The summed E-state index contributed by atoms with van der Waals surface area (Å²) in [5, 5.41) is 0. The maximum atomic E-state index is 14.9. The topological polar surface area (TPSA) is 64.6 Å². The Hall–Kier alpha value is -1.47. The Morgan fingerprint density at radius 3 is 0.818 bits per heavy atom. The van der Waals surface area contributed by atoms with Gasteiger partial charge in [0, 0.05) is 57.8 Å². The molecule has 5 rings (SSSR count). The molecule has 0 N–H and O–H groups in total. The van der Waals surface area contributed by atoms with Crippen LogP contribution in [0.3, 0.4) is 0 Å². The molecule has 24 heteroatoms. The highest BCUT2D eigenvalue weighted by atomic mass is 19.3. The molecule has 0 amide bonds. The van der Waals surface area contributed by atoms with Gasteiger partial charge in [0.05, 0.1) is 28.8 Å². The average molecular weight is 1160 g/mol. The zero-order chi connectivity index (χ0) is 62.4. The Balaban J connectivity index is 0.000000486. The van der Waals surface area contributed by atoms with Crippen molar-refractivity contribution in [3.63, 3.8) is 0 Å². The Labute approximate surface area is 445 Å². The van der Waals surface area contributed by atoms with Gasteiger partial charge in [-0.1, -0.05) is 48.5 Å². The van der Waals surface area contributed by atoms with E-state index in [1.54, 1.807) is 83.1 Å². The van der Waals surface area contributed by atoms with Gasteiger partial charge >= 0.3 is 23.9 Å². The number of hydrogen-bond acceptors (Lipinski definition) is 7. The van der Waals surface area contributed by atoms with E-state index in [1.807, 2.05) is 0 Å². The second-order valence-corrected chi connectivity index (χ2v) is 26.0. The maximum absolute atomic E-state index is 14.9. The van der Waals surface area contributed by atoms with Gasteiger partial charge in [-0.15, -0.1) is 0 Å². The standard InChI is InChI=1S/2C13H22F4O.C10H18F2O2.C9H12F6O.C8H15FO2/c2*1-7-12(16)8-13(17,11(6,14)15)18-10(4,5)9(12,2)3;1-7(2)8(3,4)14-10(6,13-7)9(5,11)12;1-3-7(12)4-8(13,6(2,10)11)16-9(14,15)5-7;1-6(2)8(5,9)11-7(3,4)10-6/h2*7-8H2,1-6H3;1-6H3;3-5H2,1-2H3;1-5H3. The fourth-order valence-electron chi connectivity index (χ4n) is 9.37. The zero-order valence-corrected chi connectivity index (χ0v) is 49.7. The van der Waals surface area contributed by atoms with Gasteiger partial charge in [0.15, 0.2) is 5.79 Å². The highest BCUT2D eigenvalue weighted by molar-refractivity contribution is 5.13. The number of hydrogen-bond donors (Lipinski definition) is 0. The van der Waals surface area contributed by atoms with Crippen molar-refractivity contribution in [2.24, 2.45) is 10.8 Å². The van der Waals surface area contributed by atoms with Crippen molar-refractivity contribution in [1.82, 2.24) is 0 Å². The van der Waals surface area contributed by atoms with Gasteiger partial charge in [0.1, 0.15) is 22.6 Å². The van der Waals surface area contributed by atoms with Crippen LogP contribution in [0.1, 0.15) is 218 Å². The van der Waals surface area contributed by atoms with Crippen molar-refractivity contribution in [1.29, 1.82) is 0 Å². The molecule has 5 aliphatic heterocycles. The molecular weight excluding hydrogens is 1070 g/mol. The van der Waals surface area contributed by atoms with Crippen LogP contribution >= 0.6 is 0 Å². The highest BCUT2D eigenvalue weighted by Crippen LogP contribution is 2.62. The molecule has 7 nitrogen and oxygen atoms in total. The maximum Gasteiger partial charge on any atom is 0.361 e. The second kappa shape index (κ2) is 21.0. The molecule has 5 aliphatic rings. The van der Waals surface area contributed by atoms with Crippen molar-refractivity contribution in [3.05, 3.63) is 0 Å². The van der Waals surface area contributed by atoms with Crippen LogP contribution in [-0.2, 0) is 33.2 Å². The highest BCUT2D eigenvalue weighted by Gasteiger charge is 2.72. The Bertz CT molecular complexity index is 1900. The predicted octanol–water partition coefficient (Wildman–Crippen LogP) is 18.3. The molecule has 0 aromatic carbocycles. The Morgan fingerprint density at radius 2 is 0.623 bits per heavy atom. The van der Waals surface area contributed by atoms with Crippen LogP contribution in [0.2, 0.25) is 0 Å². The van der Waals surface area contributed by atoms with Crippen LogP contribution in [0.25, 0.3) is 0 Å². The summed E-state index contributed by atoms with van der Waals surface area (Å²) in [4.78, 5) is 0. The van der Waals surface area contributed by atoms with E-state index in [2.05, 4.69) is 4.74 Å². The van der Waals surface area contributed by atoms with Gasteiger partial charge in [-0.3, -0.25) is 4.74 Å². The van der Waals surface area contributed by atoms with E-state index < -0.39 is 153 Å². The molecule has 0 saturated carbocycles. The number of ether oxygens (including phenoxy) is 7. The summed E-state index contributed by atoms with van der Waals surface area (Å²) in [6, 6.07) is 0. The molecule has 0 aromatic rings. The molecule has 0 radical (unpaired) electrons. The molecule has 7 unspecified atom stereocenters. The normalized spacial score (nSPS) is 37.9. The molecule has 462 valence electrons. The van der Waals surface area contributed by atoms with E-state index in [1.165, 1.54) is 62.3 Å². The van der Waals surface area contributed by atoms with Gasteiger partial charge in [-0.2, -0.15) is 8.78 Å². The van der Waals surface area contributed by atoms with E-state index in [9.17, 15) is 74.6 Å². The first kappa shape index (κ1) is 73.5. The fraction of sp³-hybridized carbons (Fsp3) is 1.00.